The molecular formula is C11H12O2S. The Bertz CT molecular complexity index is 347. The van der Waals surface area contributed by atoms with Gasteiger partial charge in [-0.2, -0.15) is 11.8 Å². The molecule has 0 bridgehead atoms. The average molecular weight is 208 g/mol. The lowest BCUT2D eigenvalue weighted by Gasteiger charge is -2.27. The Morgan fingerprint density at radius 2 is 1.93 bits per heavy atom. The second kappa shape index (κ2) is 3.39. The van der Waals surface area contributed by atoms with Crippen molar-refractivity contribution in [3.05, 3.63) is 23.8 Å². The van der Waals surface area contributed by atoms with Crippen LogP contribution in [0.4, 0.5) is 0 Å². The molecule has 3 rings (SSSR count). The van der Waals surface area contributed by atoms with Crippen LogP contribution in [0.5, 0.6) is 11.5 Å². The molecular weight excluding hydrogens is 196 g/mol. The molecule has 1 saturated heterocycles. The highest BCUT2D eigenvalue weighted by molar-refractivity contribution is 8.00. The van der Waals surface area contributed by atoms with Crippen molar-refractivity contribution >= 4 is 11.8 Å². The van der Waals surface area contributed by atoms with E-state index >= 15 is 0 Å². The second-order valence-electron chi connectivity index (χ2n) is 3.55. The van der Waals surface area contributed by atoms with Crippen LogP contribution >= 0.6 is 11.8 Å². The fourth-order valence-electron chi connectivity index (χ4n) is 1.76. The number of hydrogen-bond acceptors (Lipinski definition) is 3. The molecule has 0 N–H and O–H groups in total. The fourth-order valence-corrected chi connectivity index (χ4v) is 2.57. The standard InChI is InChI=1S/C11H12O2S/c1-2-9-10(13-5-4-12-9)7-8(1)11-3-6-14-11/h1-2,7,11H,3-6H2. The van der Waals surface area contributed by atoms with E-state index in [4.69, 9.17) is 9.47 Å². The van der Waals surface area contributed by atoms with Crippen LogP contribution < -0.4 is 9.47 Å². The summed E-state index contributed by atoms with van der Waals surface area (Å²) in [5.74, 6) is 3.10. The smallest absolute Gasteiger partial charge is 0.161 e. The first-order chi connectivity index (χ1) is 6.93. The molecule has 2 nitrogen and oxygen atoms in total. The van der Waals surface area contributed by atoms with Gasteiger partial charge in [-0.1, -0.05) is 6.07 Å². The number of thioether (sulfide) groups is 1. The van der Waals surface area contributed by atoms with Crippen LogP contribution in [-0.4, -0.2) is 19.0 Å². The van der Waals surface area contributed by atoms with E-state index in [1.54, 1.807) is 0 Å². The van der Waals surface area contributed by atoms with Gasteiger partial charge in [0.05, 0.1) is 0 Å². The first-order valence-corrected chi connectivity index (χ1v) is 5.99. The summed E-state index contributed by atoms with van der Waals surface area (Å²) in [4.78, 5) is 0. The molecule has 1 aromatic carbocycles. The minimum Gasteiger partial charge on any atom is -0.486 e. The summed E-state index contributed by atoms with van der Waals surface area (Å²) in [5.41, 5.74) is 1.38. The van der Waals surface area contributed by atoms with Gasteiger partial charge in [-0.15, -0.1) is 0 Å². The molecule has 14 heavy (non-hydrogen) atoms. The zero-order chi connectivity index (χ0) is 9.38. The Morgan fingerprint density at radius 3 is 2.64 bits per heavy atom. The van der Waals surface area contributed by atoms with Crippen LogP contribution in [-0.2, 0) is 0 Å². The van der Waals surface area contributed by atoms with E-state index in [0.29, 0.717) is 18.5 Å². The van der Waals surface area contributed by atoms with Crippen molar-refractivity contribution in [2.24, 2.45) is 0 Å². The predicted molar refractivity (Wildman–Crippen MR) is 57.2 cm³/mol. The van der Waals surface area contributed by atoms with Gasteiger partial charge in [-0.25, -0.2) is 0 Å². The second-order valence-corrected chi connectivity index (χ2v) is 4.86. The van der Waals surface area contributed by atoms with Crippen molar-refractivity contribution in [2.75, 3.05) is 19.0 Å². The molecule has 1 fully saturated rings. The molecule has 0 aromatic heterocycles. The predicted octanol–water partition coefficient (Wildman–Crippen LogP) is 2.64. The summed E-state index contributed by atoms with van der Waals surface area (Å²) < 4.78 is 11.0. The number of fused-ring (bicyclic) bond motifs is 1. The molecule has 2 heterocycles. The largest absolute Gasteiger partial charge is 0.486 e. The summed E-state index contributed by atoms with van der Waals surface area (Å²) in [6.07, 6.45) is 1.30. The third kappa shape index (κ3) is 1.36. The van der Waals surface area contributed by atoms with E-state index in [9.17, 15) is 0 Å². The van der Waals surface area contributed by atoms with E-state index in [1.807, 2.05) is 17.8 Å². The van der Waals surface area contributed by atoms with Crippen LogP contribution in [0.1, 0.15) is 17.2 Å². The van der Waals surface area contributed by atoms with Crippen LogP contribution in [0.2, 0.25) is 0 Å². The topological polar surface area (TPSA) is 18.5 Å². The third-order valence-corrected chi connectivity index (χ3v) is 4.02. The molecule has 1 aromatic rings. The Labute approximate surface area is 87.6 Å². The molecule has 3 heteroatoms. The molecule has 1 unspecified atom stereocenters. The summed E-state index contributed by atoms with van der Waals surface area (Å²) in [5, 5.41) is 0.686. The van der Waals surface area contributed by atoms with Gasteiger partial charge in [-0.3, -0.25) is 0 Å². The number of rotatable bonds is 1. The Morgan fingerprint density at radius 1 is 1.14 bits per heavy atom. The van der Waals surface area contributed by atoms with Crippen LogP contribution in [0.15, 0.2) is 18.2 Å². The highest BCUT2D eigenvalue weighted by Crippen LogP contribution is 2.44. The van der Waals surface area contributed by atoms with Gasteiger partial charge in [0.25, 0.3) is 0 Å². The molecule has 0 radical (unpaired) electrons. The van der Waals surface area contributed by atoms with Crippen molar-refractivity contribution in [2.45, 2.75) is 11.7 Å². The molecule has 0 aliphatic carbocycles. The van der Waals surface area contributed by atoms with Gasteiger partial charge in [0.15, 0.2) is 11.5 Å². The van der Waals surface area contributed by atoms with E-state index in [2.05, 4.69) is 12.1 Å². The summed E-state index contributed by atoms with van der Waals surface area (Å²) >= 11 is 2.01. The minimum atomic E-state index is 0.671. The van der Waals surface area contributed by atoms with Gasteiger partial charge in [-0.05, 0) is 29.9 Å². The van der Waals surface area contributed by atoms with Gasteiger partial charge >= 0.3 is 0 Å². The summed E-state index contributed by atoms with van der Waals surface area (Å²) in [6.45, 7) is 1.35. The summed E-state index contributed by atoms with van der Waals surface area (Å²) in [7, 11) is 0. The van der Waals surface area contributed by atoms with Gasteiger partial charge in [0.1, 0.15) is 13.2 Å². The molecule has 0 saturated carbocycles. The molecule has 2 aliphatic rings. The van der Waals surface area contributed by atoms with Crippen LogP contribution in [0.25, 0.3) is 0 Å². The molecule has 74 valence electrons. The van der Waals surface area contributed by atoms with Crippen molar-refractivity contribution in [1.82, 2.24) is 0 Å². The Balaban J connectivity index is 1.92. The van der Waals surface area contributed by atoms with Crippen molar-refractivity contribution in [3.63, 3.8) is 0 Å². The van der Waals surface area contributed by atoms with Crippen molar-refractivity contribution in [1.29, 1.82) is 0 Å². The van der Waals surface area contributed by atoms with Crippen molar-refractivity contribution in [3.8, 4) is 11.5 Å². The minimum absolute atomic E-state index is 0.671. The fraction of sp³-hybridized carbons (Fsp3) is 0.455. The third-order valence-electron chi connectivity index (χ3n) is 2.64. The van der Waals surface area contributed by atoms with Gasteiger partial charge in [0, 0.05) is 5.25 Å². The van der Waals surface area contributed by atoms with E-state index in [0.717, 1.165) is 11.5 Å². The quantitative estimate of drug-likeness (QED) is 0.707. The molecule has 2 aliphatic heterocycles. The number of benzene rings is 1. The Kier molecular flexibility index (Phi) is 2.05. The maximum atomic E-state index is 5.55. The normalized spacial score (nSPS) is 24.1. The van der Waals surface area contributed by atoms with Crippen molar-refractivity contribution < 1.29 is 9.47 Å². The zero-order valence-electron chi connectivity index (χ0n) is 7.86. The SMILES string of the molecule is c1cc2c(cc1C1CCS1)OCCO2. The maximum Gasteiger partial charge on any atom is 0.161 e. The first kappa shape index (κ1) is 8.48. The van der Waals surface area contributed by atoms with Gasteiger partial charge in [0.2, 0.25) is 0 Å². The first-order valence-electron chi connectivity index (χ1n) is 4.94. The highest BCUT2D eigenvalue weighted by Gasteiger charge is 2.22. The number of ether oxygens (including phenoxy) is 2. The van der Waals surface area contributed by atoms with Gasteiger partial charge < -0.3 is 9.47 Å². The molecule has 0 spiro atoms. The monoisotopic (exact) mass is 208 g/mol. The summed E-state index contributed by atoms with van der Waals surface area (Å²) in [6, 6.07) is 6.32. The lowest BCUT2D eigenvalue weighted by molar-refractivity contribution is 0.171. The van der Waals surface area contributed by atoms with Crippen LogP contribution in [0.3, 0.4) is 0 Å². The zero-order valence-corrected chi connectivity index (χ0v) is 8.68. The van der Waals surface area contributed by atoms with Crippen LogP contribution in [0, 0.1) is 0 Å². The number of hydrogen-bond donors (Lipinski definition) is 0. The van der Waals surface area contributed by atoms with E-state index < -0.39 is 0 Å². The van der Waals surface area contributed by atoms with E-state index in [1.165, 1.54) is 17.7 Å². The average Bonchev–Trinajstić information content (AvgIpc) is 2.15. The lowest BCUT2D eigenvalue weighted by atomic mass is 10.1. The van der Waals surface area contributed by atoms with E-state index in [-0.39, 0.29) is 0 Å². The molecule has 0 amide bonds. The molecule has 1 atom stereocenters. The maximum absolute atomic E-state index is 5.55. The highest BCUT2D eigenvalue weighted by atomic mass is 32.2. The Hall–Kier alpha value is -0.830. The lowest BCUT2D eigenvalue weighted by Crippen LogP contribution is -2.16.